The van der Waals surface area contributed by atoms with Crippen LogP contribution in [0.15, 0.2) is 18.2 Å². The van der Waals surface area contributed by atoms with Crippen molar-refractivity contribution in [3.05, 3.63) is 28.8 Å². The minimum absolute atomic E-state index is 0.0479. The van der Waals surface area contributed by atoms with Crippen molar-refractivity contribution in [3.63, 3.8) is 0 Å². The van der Waals surface area contributed by atoms with E-state index >= 15 is 0 Å². The molecule has 0 saturated carbocycles. The highest BCUT2D eigenvalue weighted by molar-refractivity contribution is 6.31. The van der Waals surface area contributed by atoms with Crippen LogP contribution in [0.25, 0.3) is 0 Å². The lowest BCUT2D eigenvalue weighted by atomic mass is 10.2. The Morgan fingerprint density at radius 3 is 2.07 bits per heavy atom. The molecule has 5 heteroatoms. The molecule has 0 saturated heterocycles. The number of alkyl halides is 3. The molecule has 0 fully saturated rings. The van der Waals surface area contributed by atoms with Gasteiger partial charge in [0.25, 0.3) is 0 Å². The van der Waals surface area contributed by atoms with E-state index in [4.69, 9.17) is 17.3 Å². The molecule has 1 aromatic rings. The predicted molar refractivity (Wildman–Crippen MR) is 52.2 cm³/mol. The highest BCUT2D eigenvalue weighted by Gasteiger charge is 2.33. The number of rotatable bonds is 0. The highest BCUT2D eigenvalue weighted by atomic mass is 35.5. The van der Waals surface area contributed by atoms with Crippen LogP contribution in [-0.4, -0.2) is 0 Å². The van der Waals surface area contributed by atoms with Gasteiger partial charge in [-0.25, -0.2) is 0 Å². The molecule has 0 aliphatic rings. The van der Waals surface area contributed by atoms with Crippen LogP contribution in [0.4, 0.5) is 18.9 Å². The predicted octanol–water partition coefficient (Wildman–Crippen LogP) is 3.97. The van der Waals surface area contributed by atoms with Gasteiger partial charge in [-0.3, -0.25) is 0 Å². The fourth-order valence-electron chi connectivity index (χ4n) is 0.760. The van der Waals surface area contributed by atoms with E-state index in [-0.39, 0.29) is 10.7 Å². The standard InChI is InChI=1S/C7H5ClF3N.C2H6/c8-6-2-1-4(12)3-5(6)7(9,10)11;1-2/h1-3H,12H2;1-2H3. The van der Waals surface area contributed by atoms with Crippen molar-refractivity contribution < 1.29 is 13.2 Å². The normalized spacial score (nSPS) is 10.4. The lowest BCUT2D eigenvalue weighted by Gasteiger charge is -2.08. The van der Waals surface area contributed by atoms with Crippen molar-refractivity contribution in [1.82, 2.24) is 0 Å². The number of halogens is 4. The first kappa shape index (κ1) is 13.1. The van der Waals surface area contributed by atoms with E-state index in [2.05, 4.69) is 0 Å². The molecular weight excluding hydrogens is 215 g/mol. The first-order valence-corrected chi connectivity index (χ1v) is 4.41. The summed E-state index contributed by atoms with van der Waals surface area (Å²) in [7, 11) is 0. The molecule has 80 valence electrons. The summed E-state index contributed by atoms with van der Waals surface area (Å²) in [5.41, 5.74) is 4.31. The summed E-state index contributed by atoms with van der Waals surface area (Å²) in [6.45, 7) is 4.00. The summed E-state index contributed by atoms with van der Waals surface area (Å²) in [4.78, 5) is 0. The Hall–Kier alpha value is -0.900. The third-order valence-electron chi connectivity index (χ3n) is 1.30. The quantitative estimate of drug-likeness (QED) is 0.665. The van der Waals surface area contributed by atoms with Crippen LogP contribution in [0, 0.1) is 0 Å². The van der Waals surface area contributed by atoms with Crippen molar-refractivity contribution in [2.24, 2.45) is 0 Å². The molecule has 2 N–H and O–H groups in total. The first-order valence-electron chi connectivity index (χ1n) is 4.03. The van der Waals surface area contributed by atoms with E-state index in [1.165, 1.54) is 6.07 Å². The average molecular weight is 226 g/mol. The van der Waals surface area contributed by atoms with Crippen molar-refractivity contribution in [2.75, 3.05) is 5.73 Å². The first-order chi connectivity index (χ1) is 6.41. The molecule has 0 aromatic heterocycles. The minimum Gasteiger partial charge on any atom is -0.399 e. The van der Waals surface area contributed by atoms with Crippen molar-refractivity contribution in [2.45, 2.75) is 20.0 Å². The third-order valence-corrected chi connectivity index (χ3v) is 1.63. The Bertz CT molecular complexity index is 297. The van der Waals surface area contributed by atoms with Crippen LogP contribution >= 0.6 is 11.6 Å². The lowest BCUT2D eigenvalue weighted by molar-refractivity contribution is -0.137. The number of nitrogens with two attached hydrogens (primary N) is 1. The van der Waals surface area contributed by atoms with Crippen molar-refractivity contribution in [1.29, 1.82) is 0 Å². The molecule has 0 heterocycles. The number of nitrogen functional groups attached to an aromatic ring is 1. The maximum atomic E-state index is 12.1. The van der Waals surface area contributed by atoms with E-state index in [9.17, 15) is 13.2 Å². The Morgan fingerprint density at radius 2 is 1.71 bits per heavy atom. The fraction of sp³-hybridized carbons (Fsp3) is 0.333. The number of anilines is 1. The Labute approximate surface area is 85.7 Å². The Kier molecular flexibility index (Phi) is 4.77. The SMILES string of the molecule is CC.Nc1ccc(Cl)c(C(F)(F)F)c1. The summed E-state index contributed by atoms with van der Waals surface area (Å²) in [6, 6.07) is 3.25. The second-order valence-electron chi connectivity index (χ2n) is 2.24. The Balaban J connectivity index is 0.000000791. The summed E-state index contributed by atoms with van der Waals surface area (Å²) in [6.07, 6.45) is -4.44. The fourth-order valence-corrected chi connectivity index (χ4v) is 0.985. The topological polar surface area (TPSA) is 26.0 Å². The molecule has 0 amide bonds. The molecule has 0 aliphatic carbocycles. The second-order valence-corrected chi connectivity index (χ2v) is 2.64. The molecule has 1 rings (SSSR count). The van der Waals surface area contributed by atoms with Gasteiger partial charge in [-0.1, -0.05) is 25.4 Å². The molecule has 0 unspecified atom stereocenters. The van der Waals surface area contributed by atoms with E-state index < -0.39 is 11.7 Å². The maximum Gasteiger partial charge on any atom is 0.417 e. The van der Waals surface area contributed by atoms with Gasteiger partial charge >= 0.3 is 6.18 Å². The smallest absolute Gasteiger partial charge is 0.399 e. The summed E-state index contributed by atoms with van der Waals surface area (Å²) in [5, 5.41) is -0.336. The zero-order valence-corrected chi connectivity index (χ0v) is 8.58. The van der Waals surface area contributed by atoms with Crippen molar-refractivity contribution in [3.8, 4) is 0 Å². The molecule has 0 spiro atoms. The second kappa shape index (κ2) is 5.10. The summed E-state index contributed by atoms with van der Waals surface area (Å²) in [5.74, 6) is 0. The van der Waals surface area contributed by atoms with Crippen LogP contribution in [-0.2, 0) is 6.18 Å². The van der Waals surface area contributed by atoms with Gasteiger partial charge in [0, 0.05) is 5.69 Å². The van der Waals surface area contributed by atoms with Gasteiger partial charge in [-0.05, 0) is 18.2 Å². The van der Waals surface area contributed by atoms with Gasteiger partial charge in [0.2, 0.25) is 0 Å². The van der Waals surface area contributed by atoms with Crippen LogP contribution in [0.5, 0.6) is 0 Å². The lowest BCUT2D eigenvalue weighted by Crippen LogP contribution is -2.06. The zero-order chi connectivity index (χ0) is 11.4. The highest BCUT2D eigenvalue weighted by Crippen LogP contribution is 2.35. The van der Waals surface area contributed by atoms with Gasteiger partial charge in [-0.2, -0.15) is 13.2 Å². The molecule has 0 bridgehead atoms. The van der Waals surface area contributed by atoms with Gasteiger partial charge in [0.05, 0.1) is 10.6 Å². The number of hydrogen-bond acceptors (Lipinski definition) is 1. The maximum absolute atomic E-state index is 12.1. The van der Waals surface area contributed by atoms with Crippen LogP contribution in [0.2, 0.25) is 5.02 Å². The molecule has 1 aromatic carbocycles. The largest absolute Gasteiger partial charge is 0.417 e. The molecule has 14 heavy (non-hydrogen) atoms. The zero-order valence-electron chi connectivity index (χ0n) is 7.82. The van der Waals surface area contributed by atoms with Crippen LogP contribution < -0.4 is 5.73 Å². The van der Waals surface area contributed by atoms with E-state index in [1.807, 2.05) is 13.8 Å². The average Bonchev–Trinajstić information content (AvgIpc) is 2.11. The van der Waals surface area contributed by atoms with Crippen LogP contribution in [0.1, 0.15) is 19.4 Å². The van der Waals surface area contributed by atoms with E-state index in [0.29, 0.717) is 0 Å². The summed E-state index contributed by atoms with van der Waals surface area (Å²) >= 11 is 5.31. The van der Waals surface area contributed by atoms with Crippen LogP contribution in [0.3, 0.4) is 0 Å². The minimum atomic E-state index is -4.44. The molecular formula is C9H11ClF3N. The number of benzene rings is 1. The molecule has 0 aliphatic heterocycles. The monoisotopic (exact) mass is 225 g/mol. The van der Waals surface area contributed by atoms with Gasteiger partial charge in [-0.15, -0.1) is 0 Å². The number of hydrogen-bond donors (Lipinski definition) is 1. The van der Waals surface area contributed by atoms with E-state index in [0.717, 1.165) is 12.1 Å². The molecule has 0 radical (unpaired) electrons. The molecule has 0 atom stereocenters. The van der Waals surface area contributed by atoms with Crippen molar-refractivity contribution >= 4 is 17.3 Å². The van der Waals surface area contributed by atoms with Gasteiger partial charge in [0.1, 0.15) is 0 Å². The van der Waals surface area contributed by atoms with Gasteiger partial charge in [0.15, 0.2) is 0 Å². The van der Waals surface area contributed by atoms with Gasteiger partial charge < -0.3 is 5.73 Å². The third kappa shape index (κ3) is 3.46. The van der Waals surface area contributed by atoms with E-state index in [1.54, 1.807) is 0 Å². The Morgan fingerprint density at radius 1 is 1.21 bits per heavy atom. The molecule has 1 nitrogen and oxygen atoms in total. The summed E-state index contributed by atoms with van der Waals surface area (Å²) < 4.78 is 36.3.